The van der Waals surface area contributed by atoms with Crippen molar-refractivity contribution in [2.45, 2.75) is 6.92 Å². The number of phenolic OH excluding ortho intramolecular Hbond substituents is 1. The summed E-state index contributed by atoms with van der Waals surface area (Å²) in [6, 6.07) is 17.0. The summed E-state index contributed by atoms with van der Waals surface area (Å²) in [5.41, 5.74) is 3.82. The number of phenols is 1. The molecule has 2 rings (SSSR count). The second kappa shape index (κ2) is 6.53. The fraction of sp³-hybridized carbons (Fsp3) is 0.0556. The normalized spacial score (nSPS) is 12.2. The van der Waals surface area contributed by atoms with E-state index >= 15 is 0 Å². The number of aliphatic imine (C=N–C) groups is 1. The van der Waals surface area contributed by atoms with Gasteiger partial charge in [-0.05, 0) is 31.3 Å². The third-order valence-electron chi connectivity index (χ3n) is 2.97. The van der Waals surface area contributed by atoms with Gasteiger partial charge < -0.3 is 5.11 Å². The Bertz CT molecular complexity index is 637. The molecule has 0 spiro atoms. The van der Waals surface area contributed by atoms with Gasteiger partial charge in [0.15, 0.2) is 0 Å². The van der Waals surface area contributed by atoms with Crippen molar-refractivity contribution < 1.29 is 5.11 Å². The standard InChI is InChI=1S/C18H17NO/c1-3-7-17(14-10-12-16(20)13-11-14)18(19-2)15-8-5-4-6-9-15/h3-13,20H,2H2,1H3/b7-3-,18-17+. The molecule has 100 valence electrons. The van der Waals surface area contributed by atoms with Crippen molar-refractivity contribution in [1.29, 1.82) is 0 Å². The predicted octanol–water partition coefficient (Wildman–Crippen LogP) is 4.54. The Hall–Kier alpha value is -2.61. The topological polar surface area (TPSA) is 32.6 Å². The van der Waals surface area contributed by atoms with Gasteiger partial charge in [0, 0.05) is 11.1 Å². The quantitative estimate of drug-likeness (QED) is 0.490. The third kappa shape index (κ3) is 3.04. The van der Waals surface area contributed by atoms with Crippen LogP contribution >= 0.6 is 0 Å². The summed E-state index contributed by atoms with van der Waals surface area (Å²) in [5.74, 6) is 0.251. The van der Waals surface area contributed by atoms with Gasteiger partial charge in [0.05, 0.1) is 5.70 Å². The van der Waals surface area contributed by atoms with Gasteiger partial charge in [0.25, 0.3) is 0 Å². The molecule has 20 heavy (non-hydrogen) atoms. The number of hydrogen-bond donors (Lipinski definition) is 1. The highest BCUT2D eigenvalue weighted by Gasteiger charge is 2.07. The number of benzene rings is 2. The van der Waals surface area contributed by atoms with Gasteiger partial charge in [-0.3, -0.25) is 4.99 Å². The van der Waals surface area contributed by atoms with Gasteiger partial charge in [0.2, 0.25) is 0 Å². The van der Waals surface area contributed by atoms with Crippen molar-refractivity contribution in [3.63, 3.8) is 0 Å². The molecule has 0 aromatic heterocycles. The van der Waals surface area contributed by atoms with Crippen molar-refractivity contribution >= 4 is 18.0 Å². The molecule has 0 radical (unpaired) electrons. The Balaban J connectivity index is 2.63. The zero-order valence-electron chi connectivity index (χ0n) is 11.5. The highest BCUT2D eigenvalue weighted by molar-refractivity contribution is 5.96. The molecule has 0 heterocycles. The molecule has 0 saturated heterocycles. The SMILES string of the molecule is C=N/C(=C(\C=C/C)c1ccc(O)cc1)c1ccccc1. The van der Waals surface area contributed by atoms with Crippen LogP contribution in [0.1, 0.15) is 18.1 Å². The summed E-state index contributed by atoms with van der Waals surface area (Å²) in [6.45, 7) is 5.66. The van der Waals surface area contributed by atoms with E-state index in [2.05, 4.69) is 11.7 Å². The molecule has 0 unspecified atom stereocenters. The number of hydrogen-bond acceptors (Lipinski definition) is 2. The fourth-order valence-electron chi connectivity index (χ4n) is 2.05. The maximum atomic E-state index is 9.41. The van der Waals surface area contributed by atoms with Crippen LogP contribution in [-0.2, 0) is 0 Å². The van der Waals surface area contributed by atoms with Crippen LogP contribution in [-0.4, -0.2) is 11.8 Å². The van der Waals surface area contributed by atoms with E-state index in [1.807, 2.05) is 61.5 Å². The maximum absolute atomic E-state index is 9.41. The van der Waals surface area contributed by atoms with E-state index in [1.165, 1.54) is 0 Å². The van der Waals surface area contributed by atoms with E-state index in [1.54, 1.807) is 12.1 Å². The Labute approximate surface area is 119 Å². The van der Waals surface area contributed by atoms with E-state index in [0.29, 0.717) is 0 Å². The minimum atomic E-state index is 0.251. The first-order valence-electron chi connectivity index (χ1n) is 6.44. The Morgan fingerprint density at radius 2 is 1.65 bits per heavy atom. The molecule has 0 amide bonds. The number of allylic oxidation sites excluding steroid dienone is 3. The van der Waals surface area contributed by atoms with Gasteiger partial charge in [-0.25, -0.2) is 0 Å². The molecule has 2 aromatic rings. The van der Waals surface area contributed by atoms with Gasteiger partial charge >= 0.3 is 0 Å². The lowest BCUT2D eigenvalue weighted by Crippen LogP contribution is -1.88. The summed E-state index contributed by atoms with van der Waals surface area (Å²) in [4.78, 5) is 4.19. The summed E-state index contributed by atoms with van der Waals surface area (Å²) in [7, 11) is 0. The molecule has 0 aliphatic heterocycles. The first-order valence-corrected chi connectivity index (χ1v) is 6.44. The molecule has 0 bridgehead atoms. The lowest BCUT2D eigenvalue weighted by Gasteiger charge is -2.09. The first kappa shape index (κ1) is 13.8. The van der Waals surface area contributed by atoms with Crippen LogP contribution in [0.4, 0.5) is 0 Å². The Morgan fingerprint density at radius 1 is 1.00 bits per heavy atom. The van der Waals surface area contributed by atoms with Crippen molar-refractivity contribution in [3.05, 3.63) is 77.9 Å². The lowest BCUT2D eigenvalue weighted by molar-refractivity contribution is 0.475. The van der Waals surface area contributed by atoms with Gasteiger partial charge in [0.1, 0.15) is 5.75 Å². The second-order valence-electron chi connectivity index (χ2n) is 4.33. The van der Waals surface area contributed by atoms with Crippen molar-refractivity contribution in [1.82, 2.24) is 0 Å². The first-order chi connectivity index (χ1) is 9.76. The molecule has 2 nitrogen and oxygen atoms in total. The lowest BCUT2D eigenvalue weighted by atomic mass is 9.99. The van der Waals surface area contributed by atoms with Crippen LogP contribution in [0, 0.1) is 0 Å². The number of nitrogens with zero attached hydrogens (tertiary/aromatic N) is 1. The summed E-state index contributed by atoms with van der Waals surface area (Å²) in [6.07, 6.45) is 3.97. The highest BCUT2D eigenvalue weighted by Crippen LogP contribution is 2.29. The fourth-order valence-corrected chi connectivity index (χ4v) is 2.05. The molecular formula is C18H17NO. The number of aromatic hydroxyl groups is 1. The zero-order valence-corrected chi connectivity index (χ0v) is 11.5. The number of rotatable bonds is 4. The smallest absolute Gasteiger partial charge is 0.115 e. The zero-order chi connectivity index (χ0) is 14.4. The van der Waals surface area contributed by atoms with Crippen LogP contribution in [0.3, 0.4) is 0 Å². The third-order valence-corrected chi connectivity index (χ3v) is 2.97. The summed E-state index contributed by atoms with van der Waals surface area (Å²) < 4.78 is 0. The average Bonchev–Trinajstić information content (AvgIpc) is 2.49. The van der Waals surface area contributed by atoms with Crippen molar-refractivity contribution in [2.24, 2.45) is 4.99 Å². The van der Waals surface area contributed by atoms with Crippen LogP contribution < -0.4 is 0 Å². The molecule has 0 atom stereocenters. The second-order valence-corrected chi connectivity index (χ2v) is 4.33. The molecule has 2 aromatic carbocycles. The van der Waals surface area contributed by atoms with Crippen LogP contribution in [0.25, 0.3) is 11.3 Å². The highest BCUT2D eigenvalue weighted by atomic mass is 16.3. The molecule has 1 N–H and O–H groups in total. The Kier molecular flexibility index (Phi) is 4.51. The molecule has 0 fully saturated rings. The van der Waals surface area contributed by atoms with E-state index in [-0.39, 0.29) is 5.75 Å². The van der Waals surface area contributed by atoms with E-state index in [4.69, 9.17) is 0 Å². The Morgan fingerprint density at radius 3 is 2.20 bits per heavy atom. The maximum Gasteiger partial charge on any atom is 0.115 e. The van der Waals surface area contributed by atoms with E-state index < -0.39 is 0 Å². The largest absolute Gasteiger partial charge is 0.508 e. The van der Waals surface area contributed by atoms with E-state index in [0.717, 1.165) is 22.4 Å². The van der Waals surface area contributed by atoms with Gasteiger partial charge in [-0.1, -0.05) is 54.6 Å². The molecular weight excluding hydrogens is 246 g/mol. The summed E-state index contributed by atoms with van der Waals surface area (Å²) in [5, 5.41) is 9.41. The van der Waals surface area contributed by atoms with Gasteiger partial charge in [-0.15, -0.1) is 0 Å². The minimum Gasteiger partial charge on any atom is -0.508 e. The summed E-state index contributed by atoms with van der Waals surface area (Å²) >= 11 is 0. The van der Waals surface area contributed by atoms with E-state index in [9.17, 15) is 5.11 Å². The molecule has 0 aliphatic carbocycles. The van der Waals surface area contributed by atoms with Crippen LogP contribution in [0.2, 0.25) is 0 Å². The molecule has 0 aliphatic rings. The van der Waals surface area contributed by atoms with Crippen molar-refractivity contribution in [3.8, 4) is 5.75 Å². The molecule has 2 heteroatoms. The monoisotopic (exact) mass is 263 g/mol. The average molecular weight is 263 g/mol. The van der Waals surface area contributed by atoms with Gasteiger partial charge in [-0.2, -0.15) is 0 Å². The predicted molar refractivity (Wildman–Crippen MR) is 85.7 cm³/mol. The van der Waals surface area contributed by atoms with Crippen LogP contribution in [0.5, 0.6) is 5.75 Å². The molecule has 0 saturated carbocycles. The van der Waals surface area contributed by atoms with Crippen LogP contribution in [0.15, 0.2) is 71.7 Å². The minimum absolute atomic E-state index is 0.251. The van der Waals surface area contributed by atoms with Crippen molar-refractivity contribution in [2.75, 3.05) is 0 Å².